The molecule has 0 bridgehead atoms. The average Bonchev–Trinajstić information content (AvgIpc) is 2.18. The van der Waals surface area contributed by atoms with Crippen molar-refractivity contribution in [1.29, 1.82) is 0 Å². The molecule has 0 fully saturated rings. The van der Waals surface area contributed by atoms with Gasteiger partial charge < -0.3 is 4.74 Å². The number of alkyl halides is 5. The predicted molar refractivity (Wildman–Crippen MR) is 52.9 cm³/mol. The highest BCUT2D eigenvalue weighted by Gasteiger charge is 2.32. The summed E-state index contributed by atoms with van der Waals surface area (Å²) in [6, 6.07) is 2.18. The van der Waals surface area contributed by atoms with Gasteiger partial charge in [-0.2, -0.15) is 0 Å². The number of hydrogen-bond donors (Lipinski definition) is 0. The standard InChI is InChI=1S/C9H4Cl2F4O2/c10-8(11)7(16)4-1-2-6(5(12)3-4)17-9(13,14)15/h1-3,8H. The van der Waals surface area contributed by atoms with Crippen molar-refractivity contribution < 1.29 is 27.1 Å². The van der Waals surface area contributed by atoms with Crippen LogP contribution in [0.25, 0.3) is 0 Å². The smallest absolute Gasteiger partial charge is 0.403 e. The third-order valence-corrected chi connectivity index (χ3v) is 2.04. The maximum atomic E-state index is 13.1. The summed E-state index contributed by atoms with van der Waals surface area (Å²) in [6.07, 6.45) is -5.01. The zero-order valence-corrected chi connectivity index (χ0v) is 9.41. The van der Waals surface area contributed by atoms with Gasteiger partial charge in [-0.05, 0) is 18.2 Å². The van der Waals surface area contributed by atoms with Crippen LogP contribution < -0.4 is 4.74 Å². The van der Waals surface area contributed by atoms with E-state index in [2.05, 4.69) is 4.74 Å². The van der Waals surface area contributed by atoms with E-state index in [1.807, 2.05) is 0 Å². The fourth-order valence-electron chi connectivity index (χ4n) is 0.988. The fourth-order valence-corrected chi connectivity index (χ4v) is 1.24. The molecule has 0 aliphatic carbocycles. The third-order valence-electron chi connectivity index (χ3n) is 1.64. The number of rotatable bonds is 3. The Morgan fingerprint density at radius 1 is 1.29 bits per heavy atom. The van der Waals surface area contributed by atoms with Crippen molar-refractivity contribution in [3.05, 3.63) is 29.6 Å². The number of ether oxygens (including phenoxy) is 1. The molecule has 0 aliphatic rings. The van der Waals surface area contributed by atoms with Crippen molar-refractivity contribution in [2.75, 3.05) is 0 Å². The Morgan fingerprint density at radius 2 is 1.88 bits per heavy atom. The molecule has 0 saturated carbocycles. The molecule has 1 rings (SSSR count). The summed E-state index contributed by atoms with van der Waals surface area (Å²) < 4.78 is 51.9. The average molecular weight is 291 g/mol. The molecule has 0 radical (unpaired) electrons. The van der Waals surface area contributed by atoms with E-state index in [4.69, 9.17) is 23.2 Å². The normalized spacial score (nSPS) is 11.7. The van der Waals surface area contributed by atoms with Crippen LogP contribution in [0.3, 0.4) is 0 Å². The molecular weight excluding hydrogens is 287 g/mol. The molecule has 0 aromatic heterocycles. The van der Waals surface area contributed by atoms with E-state index in [-0.39, 0.29) is 5.56 Å². The number of hydrogen-bond acceptors (Lipinski definition) is 2. The predicted octanol–water partition coefficient (Wildman–Crippen LogP) is 3.71. The van der Waals surface area contributed by atoms with Crippen LogP contribution in [0.15, 0.2) is 18.2 Å². The Kier molecular flexibility index (Phi) is 4.21. The molecule has 0 amide bonds. The second-order valence-electron chi connectivity index (χ2n) is 2.86. The van der Waals surface area contributed by atoms with Gasteiger partial charge in [0.05, 0.1) is 0 Å². The van der Waals surface area contributed by atoms with E-state index in [1.54, 1.807) is 0 Å². The minimum Gasteiger partial charge on any atom is -0.403 e. The Labute approximate surface area is 103 Å². The maximum absolute atomic E-state index is 13.1. The minimum atomic E-state index is -5.01. The molecule has 2 nitrogen and oxygen atoms in total. The molecule has 0 N–H and O–H groups in total. The highest BCUT2D eigenvalue weighted by Crippen LogP contribution is 2.26. The molecular formula is C9H4Cl2F4O2. The lowest BCUT2D eigenvalue weighted by Gasteiger charge is -2.10. The summed E-state index contributed by atoms with van der Waals surface area (Å²) in [5.74, 6) is -3.18. The SMILES string of the molecule is O=C(c1ccc(OC(F)(F)F)c(F)c1)C(Cl)Cl. The van der Waals surface area contributed by atoms with E-state index in [9.17, 15) is 22.4 Å². The van der Waals surface area contributed by atoms with Crippen LogP contribution in [0.5, 0.6) is 5.75 Å². The van der Waals surface area contributed by atoms with Gasteiger partial charge in [0, 0.05) is 5.56 Å². The minimum absolute atomic E-state index is 0.243. The summed E-state index contributed by atoms with van der Waals surface area (Å²) in [5, 5.41) is 0. The topological polar surface area (TPSA) is 26.3 Å². The summed E-state index contributed by atoms with van der Waals surface area (Å²) in [7, 11) is 0. The first-order valence-electron chi connectivity index (χ1n) is 4.08. The van der Waals surface area contributed by atoms with Gasteiger partial charge in [-0.1, -0.05) is 23.2 Å². The lowest BCUT2D eigenvalue weighted by molar-refractivity contribution is -0.275. The van der Waals surface area contributed by atoms with Crippen LogP contribution in [0.2, 0.25) is 0 Å². The monoisotopic (exact) mass is 290 g/mol. The zero-order chi connectivity index (χ0) is 13.2. The lowest BCUT2D eigenvalue weighted by atomic mass is 10.1. The fraction of sp³-hybridized carbons (Fsp3) is 0.222. The van der Waals surface area contributed by atoms with Gasteiger partial charge in [-0.15, -0.1) is 13.2 Å². The molecule has 17 heavy (non-hydrogen) atoms. The number of benzene rings is 1. The largest absolute Gasteiger partial charge is 0.573 e. The Morgan fingerprint density at radius 3 is 2.29 bits per heavy atom. The highest BCUT2D eigenvalue weighted by molar-refractivity contribution is 6.55. The molecule has 0 aliphatic heterocycles. The second-order valence-corrected chi connectivity index (χ2v) is 3.95. The second kappa shape index (κ2) is 5.10. The first kappa shape index (κ1) is 14.1. The molecule has 0 spiro atoms. The quantitative estimate of drug-likeness (QED) is 0.482. The van der Waals surface area contributed by atoms with Crippen molar-refractivity contribution in [3.8, 4) is 5.75 Å². The Hall–Kier alpha value is -1.01. The zero-order valence-electron chi connectivity index (χ0n) is 7.89. The van der Waals surface area contributed by atoms with Crippen LogP contribution in [0.1, 0.15) is 10.4 Å². The third kappa shape index (κ3) is 4.05. The number of halogens is 6. The molecule has 1 aromatic rings. The molecule has 94 valence electrons. The van der Waals surface area contributed by atoms with Gasteiger partial charge in [-0.3, -0.25) is 4.79 Å². The van der Waals surface area contributed by atoms with Crippen LogP contribution in [0, 0.1) is 5.82 Å². The van der Waals surface area contributed by atoms with Crippen LogP contribution in [-0.2, 0) is 0 Å². The van der Waals surface area contributed by atoms with Crippen molar-refractivity contribution in [3.63, 3.8) is 0 Å². The molecule has 0 atom stereocenters. The Balaban J connectivity index is 2.98. The number of ketones is 1. The van der Waals surface area contributed by atoms with Gasteiger partial charge in [0.1, 0.15) is 0 Å². The molecule has 8 heteroatoms. The summed E-state index contributed by atoms with van der Waals surface area (Å²) in [4.78, 5) is 9.79. The van der Waals surface area contributed by atoms with Gasteiger partial charge >= 0.3 is 6.36 Å². The van der Waals surface area contributed by atoms with Gasteiger partial charge in [0.2, 0.25) is 0 Å². The van der Waals surface area contributed by atoms with Gasteiger partial charge in [0.15, 0.2) is 22.2 Å². The first-order chi connectivity index (χ1) is 7.70. The van der Waals surface area contributed by atoms with Crippen LogP contribution >= 0.6 is 23.2 Å². The maximum Gasteiger partial charge on any atom is 0.573 e. The first-order valence-corrected chi connectivity index (χ1v) is 4.95. The van der Waals surface area contributed by atoms with Gasteiger partial charge in [-0.25, -0.2) is 4.39 Å². The van der Waals surface area contributed by atoms with Crippen molar-refractivity contribution >= 4 is 29.0 Å². The van der Waals surface area contributed by atoms with E-state index < -0.39 is 28.5 Å². The van der Waals surface area contributed by atoms with Crippen LogP contribution in [-0.4, -0.2) is 17.0 Å². The molecule has 1 aromatic carbocycles. The van der Waals surface area contributed by atoms with E-state index in [0.29, 0.717) is 12.1 Å². The van der Waals surface area contributed by atoms with Crippen molar-refractivity contribution in [2.45, 2.75) is 11.2 Å². The highest BCUT2D eigenvalue weighted by atomic mass is 35.5. The van der Waals surface area contributed by atoms with Crippen molar-refractivity contribution in [2.24, 2.45) is 0 Å². The number of carbonyl (C=O) groups excluding carboxylic acids is 1. The van der Waals surface area contributed by atoms with E-state index in [1.165, 1.54) is 0 Å². The van der Waals surface area contributed by atoms with Gasteiger partial charge in [0.25, 0.3) is 0 Å². The van der Waals surface area contributed by atoms with E-state index >= 15 is 0 Å². The van der Waals surface area contributed by atoms with Crippen molar-refractivity contribution in [1.82, 2.24) is 0 Å². The summed E-state index contributed by atoms with van der Waals surface area (Å²) in [5.41, 5.74) is -0.243. The molecule has 0 saturated heterocycles. The van der Waals surface area contributed by atoms with Crippen LogP contribution in [0.4, 0.5) is 17.6 Å². The summed E-state index contributed by atoms with van der Waals surface area (Å²) >= 11 is 10.5. The molecule has 0 unspecified atom stereocenters. The number of carbonyl (C=O) groups is 1. The lowest BCUT2D eigenvalue weighted by Crippen LogP contribution is -2.18. The Bertz CT molecular complexity index is 431. The number of Topliss-reactive ketones (excluding diaryl/α,β-unsaturated/α-hetero) is 1. The molecule has 0 heterocycles. The van der Waals surface area contributed by atoms with E-state index in [0.717, 1.165) is 6.07 Å². The summed E-state index contributed by atoms with van der Waals surface area (Å²) in [6.45, 7) is 0.